The summed E-state index contributed by atoms with van der Waals surface area (Å²) < 4.78 is 10.5. The summed E-state index contributed by atoms with van der Waals surface area (Å²) in [6.07, 6.45) is 0. The molecule has 0 amide bonds. The van der Waals surface area contributed by atoms with Gasteiger partial charge in [0, 0.05) is 11.0 Å². The molecule has 0 atom stereocenters. The lowest BCUT2D eigenvalue weighted by molar-refractivity contribution is 0.272. The first-order valence-corrected chi connectivity index (χ1v) is 8.22. The molecule has 0 saturated heterocycles. The minimum Gasteiger partial charge on any atom is -0.492 e. The lowest BCUT2D eigenvalue weighted by atomic mass is 10.3. The highest BCUT2D eigenvalue weighted by Crippen LogP contribution is 2.16. The van der Waals surface area contributed by atoms with E-state index in [0.29, 0.717) is 25.3 Å². The predicted molar refractivity (Wildman–Crippen MR) is 99.8 cm³/mol. The van der Waals surface area contributed by atoms with E-state index < -0.39 is 0 Å². The summed E-state index contributed by atoms with van der Waals surface area (Å²) in [6, 6.07) is 15.5. The Morgan fingerprint density at radius 3 is 2.12 bits per heavy atom. The minimum absolute atomic E-state index is 0. The maximum atomic E-state index is 9.22. The Bertz CT molecular complexity index is 858. The van der Waals surface area contributed by atoms with Crippen LogP contribution in [0.5, 0.6) is 5.75 Å². The molecule has 1 heterocycles. The molecule has 1 aromatic heterocycles. The zero-order chi connectivity index (χ0) is 16.2. The van der Waals surface area contributed by atoms with Crippen LogP contribution in [-0.2, 0) is 13.1 Å². The standard InChI is InChI=1S/C17H18BrN3O2.ClH/c18-13-5-7-14(8-6-13)23-12-10-21-16-4-2-1-3-15(16)20(9-11-22)17(21)19;/h1-8,19,22H,9-12H2;1H. The van der Waals surface area contributed by atoms with Crippen LogP contribution in [0.3, 0.4) is 0 Å². The van der Waals surface area contributed by atoms with Gasteiger partial charge in [-0.25, -0.2) is 0 Å². The summed E-state index contributed by atoms with van der Waals surface area (Å²) in [5, 5.41) is 17.6. The van der Waals surface area contributed by atoms with Crippen LogP contribution in [0.1, 0.15) is 0 Å². The van der Waals surface area contributed by atoms with Gasteiger partial charge in [0.2, 0.25) is 5.62 Å². The fraction of sp³-hybridized carbons (Fsp3) is 0.235. The number of ether oxygens (including phenoxy) is 1. The largest absolute Gasteiger partial charge is 0.492 e. The number of nitrogens with one attached hydrogen (secondary N) is 1. The van der Waals surface area contributed by atoms with E-state index in [1.54, 1.807) is 0 Å². The highest BCUT2D eigenvalue weighted by atomic mass is 79.9. The van der Waals surface area contributed by atoms with Gasteiger partial charge in [0.25, 0.3) is 0 Å². The molecule has 0 radical (unpaired) electrons. The van der Waals surface area contributed by atoms with Gasteiger partial charge in [0.15, 0.2) is 0 Å². The molecule has 3 rings (SSSR count). The van der Waals surface area contributed by atoms with E-state index in [9.17, 15) is 5.11 Å². The number of halogens is 2. The SMILES string of the molecule is Cl.N=c1n(CCO)c2ccccc2n1CCOc1ccc(Br)cc1. The quantitative estimate of drug-likeness (QED) is 0.653. The first-order chi connectivity index (χ1) is 11.2. The average molecular weight is 413 g/mol. The Balaban J connectivity index is 0.00000208. The van der Waals surface area contributed by atoms with Crippen LogP contribution in [0, 0.1) is 5.41 Å². The molecule has 7 heteroatoms. The number of rotatable bonds is 6. The third-order valence-electron chi connectivity index (χ3n) is 3.70. The zero-order valence-corrected chi connectivity index (χ0v) is 15.4. The van der Waals surface area contributed by atoms with Crippen LogP contribution in [0.2, 0.25) is 0 Å². The molecule has 0 aliphatic carbocycles. The lowest BCUT2D eigenvalue weighted by Crippen LogP contribution is -2.27. The van der Waals surface area contributed by atoms with E-state index >= 15 is 0 Å². The predicted octanol–water partition coefficient (Wildman–Crippen LogP) is 3.18. The van der Waals surface area contributed by atoms with E-state index in [-0.39, 0.29) is 19.0 Å². The maximum absolute atomic E-state index is 9.22. The third-order valence-corrected chi connectivity index (χ3v) is 4.22. The number of hydrogen-bond donors (Lipinski definition) is 2. The molecular weight excluding hydrogens is 394 g/mol. The average Bonchev–Trinajstić information content (AvgIpc) is 2.83. The second-order valence-corrected chi connectivity index (χ2v) is 6.06. The number of aliphatic hydroxyl groups is 1. The van der Waals surface area contributed by atoms with Gasteiger partial charge in [-0.1, -0.05) is 28.1 Å². The van der Waals surface area contributed by atoms with Gasteiger partial charge < -0.3 is 19.0 Å². The van der Waals surface area contributed by atoms with Gasteiger partial charge in [-0.05, 0) is 36.4 Å². The number of imidazole rings is 1. The van der Waals surface area contributed by atoms with Gasteiger partial charge in [0.05, 0.1) is 24.2 Å². The third kappa shape index (κ3) is 3.83. The first kappa shape index (κ1) is 18.6. The van der Waals surface area contributed by atoms with Crippen LogP contribution in [-0.4, -0.2) is 27.5 Å². The van der Waals surface area contributed by atoms with E-state index in [1.165, 1.54) is 0 Å². The van der Waals surface area contributed by atoms with Crippen LogP contribution < -0.4 is 10.4 Å². The summed E-state index contributed by atoms with van der Waals surface area (Å²) in [5.74, 6) is 0.805. The van der Waals surface area contributed by atoms with Gasteiger partial charge >= 0.3 is 0 Å². The first-order valence-electron chi connectivity index (χ1n) is 7.42. The number of aromatic nitrogens is 2. The number of benzene rings is 2. The van der Waals surface area contributed by atoms with Crippen molar-refractivity contribution in [2.45, 2.75) is 13.1 Å². The van der Waals surface area contributed by atoms with Crippen molar-refractivity contribution in [3.63, 3.8) is 0 Å². The molecule has 5 nitrogen and oxygen atoms in total. The normalized spacial score (nSPS) is 10.6. The summed E-state index contributed by atoms with van der Waals surface area (Å²) in [6.45, 7) is 1.49. The summed E-state index contributed by atoms with van der Waals surface area (Å²) in [5.41, 5.74) is 2.31. The van der Waals surface area contributed by atoms with Gasteiger partial charge in [0.1, 0.15) is 12.4 Å². The van der Waals surface area contributed by atoms with Crippen molar-refractivity contribution < 1.29 is 9.84 Å². The van der Waals surface area contributed by atoms with E-state index in [0.717, 1.165) is 21.3 Å². The summed E-state index contributed by atoms with van der Waals surface area (Å²) in [7, 11) is 0. The molecule has 3 aromatic rings. The van der Waals surface area contributed by atoms with Crippen LogP contribution in [0.4, 0.5) is 0 Å². The monoisotopic (exact) mass is 411 g/mol. The maximum Gasteiger partial charge on any atom is 0.203 e. The molecule has 0 aliphatic heterocycles. The molecular formula is C17H19BrClN3O2. The van der Waals surface area contributed by atoms with E-state index in [4.69, 9.17) is 10.1 Å². The fourth-order valence-corrected chi connectivity index (χ4v) is 2.90. The molecule has 0 aliphatic rings. The van der Waals surface area contributed by atoms with Crippen molar-refractivity contribution in [2.24, 2.45) is 0 Å². The molecule has 0 fully saturated rings. The highest BCUT2D eigenvalue weighted by Gasteiger charge is 2.09. The van der Waals surface area contributed by atoms with Crippen LogP contribution in [0.15, 0.2) is 53.0 Å². The van der Waals surface area contributed by atoms with E-state index in [1.807, 2.05) is 57.7 Å². The number of nitrogens with zero attached hydrogens (tertiary/aromatic N) is 2. The molecule has 2 aromatic carbocycles. The Hall–Kier alpha value is -1.76. The molecule has 0 bridgehead atoms. The Kier molecular flexibility index (Phi) is 6.48. The zero-order valence-electron chi connectivity index (χ0n) is 13.0. The molecule has 24 heavy (non-hydrogen) atoms. The van der Waals surface area contributed by atoms with Crippen LogP contribution in [0.25, 0.3) is 11.0 Å². The van der Waals surface area contributed by atoms with Crippen molar-refractivity contribution in [3.8, 4) is 5.75 Å². The van der Waals surface area contributed by atoms with Gasteiger partial charge in [-0.2, -0.15) is 0 Å². The minimum atomic E-state index is 0. The summed E-state index contributed by atoms with van der Waals surface area (Å²) >= 11 is 3.40. The molecule has 128 valence electrons. The second kappa shape index (κ2) is 8.37. The molecule has 0 saturated carbocycles. The van der Waals surface area contributed by atoms with Crippen molar-refractivity contribution >= 4 is 39.4 Å². The van der Waals surface area contributed by atoms with Gasteiger partial charge in [-0.15, -0.1) is 12.4 Å². The van der Waals surface area contributed by atoms with Gasteiger partial charge in [-0.3, -0.25) is 5.41 Å². The molecule has 0 unspecified atom stereocenters. The van der Waals surface area contributed by atoms with E-state index in [2.05, 4.69) is 15.9 Å². The number of para-hydroxylation sites is 2. The lowest BCUT2D eigenvalue weighted by Gasteiger charge is -2.08. The number of aliphatic hydroxyl groups excluding tert-OH is 1. The number of fused-ring (bicyclic) bond motifs is 1. The van der Waals surface area contributed by atoms with Crippen LogP contribution >= 0.6 is 28.3 Å². The molecule has 2 N–H and O–H groups in total. The topological polar surface area (TPSA) is 63.2 Å². The van der Waals surface area contributed by atoms with Crippen molar-refractivity contribution in [3.05, 3.63) is 58.6 Å². The van der Waals surface area contributed by atoms with Crippen molar-refractivity contribution in [1.29, 1.82) is 5.41 Å². The summed E-state index contributed by atoms with van der Waals surface area (Å²) in [4.78, 5) is 0. The highest BCUT2D eigenvalue weighted by molar-refractivity contribution is 9.10. The van der Waals surface area contributed by atoms with Crippen molar-refractivity contribution in [1.82, 2.24) is 9.13 Å². The second-order valence-electron chi connectivity index (χ2n) is 5.14. The van der Waals surface area contributed by atoms with Crippen molar-refractivity contribution in [2.75, 3.05) is 13.2 Å². The molecule has 0 spiro atoms. The Morgan fingerprint density at radius 2 is 1.54 bits per heavy atom. The fourth-order valence-electron chi connectivity index (χ4n) is 2.63. The Morgan fingerprint density at radius 1 is 0.958 bits per heavy atom. The Labute approximate surface area is 154 Å². The number of hydrogen-bond acceptors (Lipinski definition) is 3. The smallest absolute Gasteiger partial charge is 0.203 e.